The van der Waals surface area contributed by atoms with E-state index in [9.17, 15) is 19.5 Å². The van der Waals surface area contributed by atoms with E-state index in [0.717, 1.165) is 32.3 Å². The normalized spacial score (nSPS) is 17.2. The highest BCUT2D eigenvalue weighted by molar-refractivity contribution is 9.10. The number of carbonyl (C=O) groups is 3. The number of thioether (sulfide) groups is 1. The average Bonchev–Trinajstić information content (AvgIpc) is 3.28. The number of rotatable bonds is 9. The molecule has 0 bridgehead atoms. The van der Waals surface area contributed by atoms with E-state index in [4.69, 9.17) is 0 Å². The number of halogens is 1. The van der Waals surface area contributed by atoms with Gasteiger partial charge < -0.3 is 26.0 Å². The number of benzene rings is 3. The standard InChI is InChI=1S/C33H39BrN4O4S/c1-20-11-9-10-14-24(20)18-35-30(40)29-33(4,5)43-19-38(29)31(41)28(39)26(17-23-12-7-6-8-13-23)36-32(42)37-27-21(2)15-25(34)16-22(27)3/h6-16,26,28-29,39H,17-19H2,1-5H3,(H,35,40)(H2,36,37,42)/t26-,28-,29+/m0/s1. The van der Waals surface area contributed by atoms with Crippen LogP contribution in [0.4, 0.5) is 10.5 Å². The van der Waals surface area contributed by atoms with Crippen LogP contribution in [-0.2, 0) is 22.6 Å². The SMILES string of the molecule is Cc1ccccc1CNC(=O)[C@H]1N(C(=O)[C@@H](O)[C@H](Cc2ccccc2)NC(=O)Nc2c(C)cc(Br)cc2C)CSC1(C)C. The molecule has 228 valence electrons. The summed E-state index contributed by atoms with van der Waals surface area (Å²) >= 11 is 4.95. The molecule has 8 nitrogen and oxygen atoms in total. The van der Waals surface area contributed by atoms with Crippen LogP contribution in [0.1, 0.15) is 41.7 Å². The van der Waals surface area contributed by atoms with Crippen molar-refractivity contribution in [2.45, 2.75) is 70.5 Å². The maximum Gasteiger partial charge on any atom is 0.319 e. The van der Waals surface area contributed by atoms with Crippen LogP contribution in [0.3, 0.4) is 0 Å². The first kappa shape index (κ1) is 32.6. The van der Waals surface area contributed by atoms with Gasteiger partial charge in [-0.15, -0.1) is 11.8 Å². The molecule has 1 aliphatic heterocycles. The predicted molar refractivity (Wildman–Crippen MR) is 176 cm³/mol. The molecular weight excluding hydrogens is 628 g/mol. The second-order valence-corrected chi connectivity index (χ2v) is 14.0. The van der Waals surface area contributed by atoms with Crippen LogP contribution in [0.25, 0.3) is 0 Å². The minimum absolute atomic E-state index is 0.216. The van der Waals surface area contributed by atoms with Gasteiger partial charge in [-0.3, -0.25) is 9.59 Å². The molecule has 43 heavy (non-hydrogen) atoms. The monoisotopic (exact) mass is 666 g/mol. The molecule has 1 aliphatic rings. The van der Waals surface area contributed by atoms with Crippen LogP contribution in [-0.4, -0.2) is 56.7 Å². The van der Waals surface area contributed by atoms with E-state index in [0.29, 0.717) is 12.2 Å². The summed E-state index contributed by atoms with van der Waals surface area (Å²) in [7, 11) is 0. The number of hydrogen-bond donors (Lipinski definition) is 4. The van der Waals surface area contributed by atoms with E-state index in [-0.39, 0.29) is 18.2 Å². The van der Waals surface area contributed by atoms with Crippen molar-refractivity contribution in [3.63, 3.8) is 0 Å². The van der Waals surface area contributed by atoms with Gasteiger partial charge in [-0.2, -0.15) is 0 Å². The van der Waals surface area contributed by atoms with Crippen molar-refractivity contribution in [3.8, 4) is 0 Å². The van der Waals surface area contributed by atoms with Gasteiger partial charge in [-0.05, 0) is 81.0 Å². The van der Waals surface area contributed by atoms with Crippen molar-refractivity contribution in [3.05, 3.63) is 99.0 Å². The lowest BCUT2D eigenvalue weighted by atomic mass is 9.97. The number of amides is 4. The topological polar surface area (TPSA) is 111 Å². The summed E-state index contributed by atoms with van der Waals surface area (Å²) in [6.07, 6.45) is -1.37. The van der Waals surface area contributed by atoms with Crippen LogP contribution in [0.15, 0.2) is 71.2 Å². The zero-order chi connectivity index (χ0) is 31.3. The lowest BCUT2D eigenvalue weighted by Crippen LogP contribution is -2.59. The average molecular weight is 668 g/mol. The Hall–Kier alpha value is -3.34. The van der Waals surface area contributed by atoms with E-state index in [1.165, 1.54) is 16.7 Å². The molecule has 3 atom stereocenters. The summed E-state index contributed by atoms with van der Waals surface area (Å²) in [5.74, 6) is -0.649. The highest BCUT2D eigenvalue weighted by atomic mass is 79.9. The molecule has 0 unspecified atom stereocenters. The van der Waals surface area contributed by atoms with Crippen molar-refractivity contribution in [2.24, 2.45) is 0 Å². The fourth-order valence-corrected chi connectivity index (χ4v) is 7.20. The first-order valence-electron chi connectivity index (χ1n) is 14.2. The van der Waals surface area contributed by atoms with Crippen molar-refractivity contribution < 1.29 is 19.5 Å². The Kier molecular flexibility index (Phi) is 10.6. The van der Waals surface area contributed by atoms with Gasteiger partial charge in [0.15, 0.2) is 6.10 Å². The number of aliphatic hydroxyl groups is 1. The summed E-state index contributed by atoms with van der Waals surface area (Å²) in [5, 5.41) is 20.2. The first-order valence-corrected chi connectivity index (χ1v) is 16.0. The number of nitrogens with zero attached hydrogens (tertiary/aromatic N) is 1. The highest BCUT2D eigenvalue weighted by Crippen LogP contribution is 2.40. The van der Waals surface area contributed by atoms with E-state index in [1.54, 1.807) is 0 Å². The molecule has 0 aliphatic carbocycles. The molecule has 3 aromatic carbocycles. The van der Waals surface area contributed by atoms with Crippen molar-refractivity contribution in [2.75, 3.05) is 11.2 Å². The smallest absolute Gasteiger partial charge is 0.319 e. The summed E-state index contributed by atoms with van der Waals surface area (Å²) < 4.78 is 0.321. The Morgan fingerprint density at radius 2 is 1.63 bits per heavy atom. The Morgan fingerprint density at radius 1 is 1.00 bits per heavy atom. The lowest BCUT2D eigenvalue weighted by molar-refractivity contribution is -0.147. The third-order valence-corrected chi connectivity index (χ3v) is 9.61. The minimum Gasteiger partial charge on any atom is -0.381 e. The zero-order valence-corrected chi connectivity index (χ0v) is 27.5. The van der Waals surface area contributed by atoms with Crippen molar-refractivity contribution >= 4 is 51.2 Å². The molecule has 3 aromatic rings. The third-order valence-electron chi connectivity index (χ3n) is 7.78. The number of nitrogens with one attached hydrogen (secondary N) is 3. The molecule has 4 N–H and O–H groups in total. The van der Waals surface area contributed by atoms with E-state index >= 15 is 0 Å². The third kappa shape index (κ3) is 7.99. The number of carbonyl (C=O) groups excluding carboxylic acids is 3. The summed E-state index contributed by atoms with van der Waals surface area (Å²) in [5.41, 5.74) is 5.30. The maximum atomic E-state index is 13.9. The minimum atomic E-state index is -1.58. The molecule has 0 aromatic heterocycles. The summed E-state index contributed by atoms with van der Waals surface area (Å²) in [6.45, 7) is 9.95. The second kappa shape index (κ2) is 14.0. The summed E-state index contributed by atoms with van der Waals surface area (Å²) in [6, 6.07) is 18.7. The fourth-order valence-electron chi connectivity index (χ4n) is 5.38. The zero-order valence-electron chi connectivity index (χ0n) is 25.1. The van der Waals surface area contributed by atoms with E-state index < -0.39 is 34.9 Å². The molecular formula is C33H39BrN4O4S. The Balaban J connectivity index is 1.53. The second-order valence-electron chi connectivity index (χ2n) is 11.5. The van der Waals surface area contributed by atoms with E-state index in [1.807, 2.05) is 101 Å². The Labute approximate surface area is 266 Å². The molecule has 1 heterocycles. The highest BCUT2D eigenvalue weighted by Gasteiger charge is 2.49. The van der Waals surface area contributed by atoms with Crippen LogP contribution in [0, 0.1) is 20.8 Å². The maximum absolute atomic E-state index is 13.9. The largest absolute Gasteiger partial charge is 0.381 e. The van der Waals surface area contributed by atoms with Gasteiger partial charge in [-0.1, -0.05) is 70.5 Å². The van der Waals surface area contributed by atoms with Gasteiger partial charge in [-0.25, -0.2) is 4.79 Å². The number of urea groups is 1. The van der Waals surface area contributed by atoms with Gasteiger partial charge in [0.2, 0.25) is 5.91 Å². The first-order chi connectivity index (χ1) is 20.4. The number of hydrogen-bond acceptors (Lipinski definition) is 5. The van der Waals surface area contributed by atoms with Gasteiger partial charge >= 0.3 is 6.03 Å². The molecule has 4 amide bonds. The molecule has 0 radical (unpaired) electrons. The van der Waals surface area contributed by atoms with Crippen LogP contribution < -0.4 is 16.0 Å². The number of anilines is 1. The van der Waals surface area contributed by atoms with Gasteiger partial charge in [0.05, 0.1) is 11.9 Å². The molecule has 0 saturated carbocycles. The molecule has 0 spiro atoms. The quantitative estimate of drug-likeness (QED) is 0.242. The van der Waals surface area contributed by atoms with Gasteiger partial charge in [0.1, 0.15) is 6.04 Å². The van der Waals surface area contributed by atoms with Crippen LogP contribution in [0.5, 0.6) is 0 Å². The van der Waals surface area contributed by atoms with Gasteiger partial charge in [0, 0.05) is 21.5 Å². The van der Waals surface area contributed by atoms with Crippen molar-refractivity contribution in [1.29, 1.82) is 0 Å². The number of aryl methyl sites for hydroxylation is 3. The fraction of sp³-hybridized carbons (Fsp3) is 0.364. The Bertz CT molecular complexity index is 1460. The molecule has 1 saturated heterocycles. The number of aliphatic hydroxyl groups excluding tert-OH is 1. The van der Waals surface area contributed by atoms with E-state index in [2.05, 4.69) is 31.9 Å². The predicted octanol–water partition coefficient (Wildman–Crippen LogP) is 5.46. The van der Waals surface area contributed by atoms with Crippen LogP contribution in [0.2, 0.25) is 0 Å². The lowest BCUT2D eigenvalue weighted by Gasteiger charge is -2.33. The van der Waals surface area contributed by atoms with Crippen molar-refractivity contribution in [1.82, 2.24) is 15.5 Å². The van der Waals surface area contributed by atoms with Crippen LogP contribution >= 0.6 is 27.7 Å². The summed E-state index contributed by atoms with van der Waals surface area (Å²) in [4.78, 5) is 42.1. The molecule has 1 fully saturated rings. The Morgan fingerprint density at radius 3 is 2.28 bits per heavy atom. The van der Waals surface area contributed by atoms with Gasteiger partial charge in [0.25, 0.3) is 5.91 Å². The molecule has 4 rings (SSSR count). The molecule has 10 heteroatoms.